The van der Waals surface area contributed by atoms with Crippen molar-refractivity contribution in [2.75, 3.05) is 0 Å². The van der Waals surface area contributed by atoms with Gasteiger partial charge < -0.3 is 4.98 Å². The molecule has 0 atom stereocenters. The van der Waals surface area contributed by atoms with Crippen LogP contribution in [0.15, 0.2) is 66.1 Å². The minimum atomic E-state index is -3.97. The van der Waals surface area contributed by atoms with Crippen LogP contribution in [0.25, 0.3) is 17.0 Å². The molecule has 4 rings (SSSR count). The normalized spacial score (nSPS) is 11.9. The molecule has 174 valence electrons. The number of aryl methyl sites for hydroxylation is 2. The molecule has 0 unspecified atom stereocenters. The van der Waals surface area contributed by atoms with Crippen LogP contribution in [0.3, 0.4) is 0 Å². The van der Waals surface area contributed by atoms with Gasteiger partial charge in [0.05, 0.1) is 5.41 Å². The highest BCUT2D eigenvalue weighted by molar-refractivity contribution is 7.93. The molecule has 8 heteroatoms. The van der Waals surface area contributed by atoms with E-state index in [1.54, 1.807) is 42.5 Å². The van der Waals surface area contributed by atoms with Crippen molar-refractivity contribution < 1.29 is 13.2 Å². The number of aromatic nitrogens is 1. The van der Waals surface area contributed by atoms with Gasteiger partial charge in [-0.2, -0.15) is 0 Å². The van der Waals surface area contributed by atoms with Crippen molar-refractivity contribution in [2.45, 2.75) is 20.3 Å². The summed E-state index contributed by atoms with van der Waals surface area (Å²) >= 11 is 12.4. The zero-order valence-corrected chi connectivity index (χ0v) is 20.9. The van der Waals surface area contributed by atoms with E-state index >= 15 is 0 Å². The Balaban J connectivity index is 1.58. The predicted molar refractivity (Wildman–Crippen MR) is 139 cm³/mol. The van der Waals surface area contributed by atoms with Crippen molar-refractivity contribution in [1.82, 2.24) is 9.71 Å². The second kappa shape index (κ2) is 9.66. The Morgan fingerprint density at radius 2 is 1.74 bits per heavy atom. The fourth-order valence-electron chi connectivity index (χ4n) is 3.67. The van der Waals surface area contributed by atoms with Crippen LogP contribution in [0.1, 0.15) is 38.3 Å². The smallest absolute Gasteiger partial charge is 0.265 e. The first kappa shape index (κ1) is 24.1. The third-order valence-corrected chi connectivity index (χ3v) is 7.07. The fourth-order valence-corrected chi connectivity index (χ4v) is 4.93. The molecule has 0 spiro atoms. The molecule has 0 saturated heterocycles. The molecule has 3 aromatic carbocycles. The quantitative estimate of drug-likeness (QED) is 0.313. The van der Waals surface area contributed by atoms with Gasteiger partial charge in [0.25, 0.3) is 15.9 Å². The van der Waals surface area contributed by atoms with Crippen molar-refractivity contribution in [3.05, 3.63) is 110 Å². The monoisotopic (exact) mass is 512 g/mol. The summed E-state index contributed by atoms with van der Waals surface area (Å²) in [6.45, 7) is 3.89. The van der Waals surface area contributed by atoms with E-state index in [1.807, 2.05) is 32.0 Å². The van der Waals surface area contributed by atoms with Gasteiger partial charge in [0.1, 0.15) is 0 Å². The van der Waals surface area contributed by atoms with Crippen LogP contribution in [0.4, 0.5) is 0 Å². The molecule has 1 amide bonds. The van der Waals surface area contributed by atoms with Crippen molar-refractivity contribution in [3.8, 4) is 0 Å². The van der Waals surface area contributed by atoms with E-state index in [9.17, 15) is 13.2 Å². The van der Waals surface area contributed by atoms with E-state index in [0.29, 0.717) is 16.5 Å². The predicted octanol–water partition coefficient (Wildman–Crippen LogP) is 6.41. The number of aromatic amines is 1. The second-order valence-electron chi connectivity index (χ2n) is 8.09. The second-order valence-corrected chi connectivity index (χ2v) is 10.5. The summed E-state index contributed by atoms with van der Waals surface area (Å²) in [5, 5.41) is 2.93. The lowest BCUT2D eigenvalue weighted by molar-refractivity contribution is 0.0982. The standard InChI is InChI=1S/C26H22Cl2N2O3S/c1-16-3-5-18(6-4-16)11-12-34(32,33)30-26(31)20-8-10-25-23(14-20)22(17(2)29-25)13-19-7-9-21(27)15-24(19)28/h3-12,14-15,29H,13H2,1-2H3,(H,30,31)/b12-11+. The number of hydrogen-bond acceptors (Lipinski definition) is 3. The van der Waals surface area contributed by atoms with Gasteiger partial charge in [-0.05, 0) is 66.9 Å². The van der Waals surface area contributed by atoms with Gasteiger partial charge in [0.15, 0.2) is 0 Å². The fraction of sp³-hybridized carbons (Fsp3) is 0.115. The largest absolute Gasteiger partial charge is 0.358 e. The topological polar surface area (TPSA) is 79.0 Å². The van der Waals surface area contributed by atoms with Gasteiger partial charge in [-0.3, -0.25) is 4.79 Å². The molecule has 0 aliphatic rings. The van der Waals surface area contributed by atoms with Crippen LogP contribution >= 0.6 is 23.2 Å². The highest BCUT2D eigenvalue weighted by atomic mass is 35.5. The minimum Gasteiger partial charge on any atom is -0.358 e. The molecule has 2 N–H and O–H groups in total. The highest BCUT2D eigenvalue weighted by Crippen LogP contribution is 2.29. The lowest BCUT2D eigenvalue weighted by Crippen LogP contribution is -2.28. The van der Waals surface area contributed by atoms with Crippen LogP contribution in [-0.2, 0) is 16.4 Å². The number of carbonyl (C=O) groups is 1. The number of benzene rings is 3. The summed E-state index contributed by atoms with van der Waals surface area (Å²) in [6.07, 6.45) is 1.98. The van der Waals surface area contributed by atoms with Gasteiger partial charge in [-0.1, -0.05) is 59.1 Å². The Bertz CT molecular complexity index is 1520. The Morgan fingerprint density at radius 3 is 2.44 bits per heavy atom. The summed E-state index contributed by atoms with van der Waals surface area (Å²) < 4.78 is 27.0. The summed E-state index contributed by atoms with van der Waals surface area (Å²) in [5.74, 6) is -0.704. The zero-order chi connectivity index (χ0) is 24.5. The van der Waals surface area contributed by atoms with Gasteiger partial charge >= 0.3 is 0 Å². The first-order valence-corrected chi connectivity index (χ1v) is 12.8. The number of fused-ring (bicyclic) bond motifs is 1. The molecular formula is C26H22Cl2N2O3S. The van der Waals surface area contributed by atoms with E-state index in [2.05, 4.69) is 9.71 Å². The Morgan fingerprint density at radius 1 is 1.00 bits per heavy atom. The molecule has 34 heavy (non-hydrogen) atoms. The first-order chi connectivity index (χ1) is 16.1. The molecule has 0 radical (unpaired) electrons. The molecular weight excluding hydrogens is 491 g/mol. The maximum atomic E-state index is 12.8. The van der Waals surface area contributed by atoms with Crippen molar-refractivity contribution in [1.29, 1.82) is 0 Å². The van der Waals surface area contributed by atoms with Crippen molar-refractivity contribution in [2.24, 2.45) is 0 Å². The summed E-state index contributed by atoms with van der Waals surface area (Å²) in [4.78, 5) is 16.1. The maximum absolute atomic E-state index is 12.8. The molecule has 0 fully saturated rings. The van der Waals surface area contributed by atoms with Crippen LogP contribution in [0, 0.1) is 13.8 Å². The summed E-state index contributed by atoms with van der Waals surface area (Å²) in [5.41, 5.74) is 5.68. The van der Waals surface area contributed by atoms with E-state index in [0.717, 1.165) is 44.3 Å². The number of hydrogen-bond donors (Lipinski definition) is 2. The number of H-pyrrole nitrogens is 1. The average molecular weight is 513 g/mol. The molecule has 0 saturated carbocycles. The highest BCUT2D eigenvalue weighted by Gasteiger charge is 2.17. The Labute approximate surface area is 208 Å². The zero-order valence-electron chi connectivity index (χ0n) is 18.5. The minimum absolute atomic E-state index is 0.238. The SMILES string of the molecule is Cc1ccc(/C=C/S(=O)(=O)NC(=O)c2ccc3[nH]c(C)c(Cc4ccc(Cl)cc4Cl)c3c2)cc1. The number of carbonyl (C=O) groups excluding carboxylic acids is 1. The van der Waals surface area contributed by atoms with E-state index in [-0.39, 0.29) is 5.56 Å². The summed E-state index contributed by atoms with van der Waals surface area (Å²) in [6, 6.07) is 17.8. The van der Waals surface area contributed by atoms with E-state index in [4.69, 9.17) is 23.2 Å². The lowest BCUT2D eigenvalue weighted by atomic mass is 10.0. The van der Waals surface area contributed by atoms with Gasteiger partial charge in [0.2, 0.25) is 0 Å². The molecule has 0 aliphatic heterocycles. The third-order valence-electron chi connectivity index (χ3n) is 5.52. The van der Waals surface area contributed by atoms with E-state index < -0.39 is 15.9 Å². The average Bonchev–Trinajstić information content (AvgIpc) is 3.09. The summed E-state index contributed by atoms with van der Waals surface area (Å²) in [7, 11) is -3.97. The number of halogens is 2. The van der Waals surface area contributed by atoms with Crippen LogP contribution in [-0.4, -0.2) is 19.3 Å². The van der Waals surface area contributed by atoms with E-state index in [1.165, 1.54) is 6.08 Å². The van der Waals surface area contributed by atoms with Gasteiger partial charge in [-0.25, -0.2) is 13.1 Å². The van der Waals surface area contributed by atoms with Crippen molar-refractivity contribution >= 4 is 56.1 Å². The molecule has 5 nitrogen and oxygen atoms in total. The molecule has 0 aliphatic carbocycles. The third kappa shape index (κ3) is 5.53. The Kier molecular flexibility index (Phi) is 6.84. The van der Waals surface area contributed by atoms with Crippen LogP contribution in [0.5, 0.6) is 0 Å². The van der Waals surface area contributed by atoms with Crippen molar-refractivity contribution in [3.63, 3.8) is 0 Å². The number of rotatable bonds is 6. The maximum Gasteiger partial charge on any atom is 0.265 e. The molecule has 1 aromatic heterocycles. The van der Waals surface area contributed by atoms with Gasteiger partial charge in [0, 0.05) is 38.6 Å². The van der Waals surface area contributed by atoms with Gasteiger partial charge in [-0.15, -0.1) is 0 Å². The molecule has 4 aromatic rings. The number of sulfonamides is 1. The molecule has 0 bridgehead atoms. The lowest BCUT2D eigenvalue weighted by Gasteiger charge is -2.07. The molecule has 1 heterocycles. The Hall–Kier alpha value is -3.06. The van der Waals surface area contributed by atoms with Crippen LogP contribution < -0.4 is 4.72 Å². The number of nitrogens with one attached hydrogen (secondary N) is 2. The first-order valence-electron chi connectivity index (χ1n) is 10.5. The van der Waals surface area contributed by atoms with Crippen LogP contribution in [0.2, 0.25) is 10.0 Å². The number of amides is 1.